The Morgan fingerprint density at radius 3 is 0.976 bits per heavy atom. The summed E-state index contributed by atoms with van der Waals surface area (Å²) in [5.74, 6) is -66.4. The lowest BCUT2D eigenvalue weighted by atomic mass is 9.86. The van der Waals surface area contributed by atoms with Gasteiger partial charge in [0.15, 0.2) is 0 Å². The van der Waals surface area contributed by atoms with Crippen LogP contribution in [0.2, 0.25) is 6.04 Å². The SMILES string of the molecule is CCO[Si](CCCCC(F)(F)C(F)(F)C(F)(F)C(F)(F)C(F)(F)C(F)(F)C(F)(F)C(F)(F)C(F)(F)F)(OCC)OCC. The molecule has 0 aromatic heterocycles. The van der Waals surface area contributed by atoms with Crippen LogP contribution in [0, 0.1) is 0 Å². The van der Waals surface area contributed by atoms with E-state index in [1.54, 1.807) is 0 Å². The molecule has 0 bridgehead atoms. The third-order valence-corrected chi connectivity index (χ3v) is 8.65. The predicted molar refractivity (Wildman–Crippen MR) is 105 cm³/mol. The zero-order valence-corrected chi connectivity index (χ0v) is 22.4. The van der Waals surface area contributed by atoms with Gasteiger partial charge in [-0.05, 0) is 33.6 Å². The van der Waals surface area contributed by atoms with Gasteiger partial charge in [-0.1, -0.05) is 0 Å². The fourth-order valence-corrected chi connectivity index (χ4v) is 5.93. The van der Waals surface area contributed by atoms with E-state index in [9.17, 15) is 83.4 Å². The van der Waals surface area contributed by atoms with Gasteiger partial charge in [0.2, 0.25) is 0 Å². The number of halogens is 19. The van der Waals surface area contributed by atoms with E-state index in [2.05, 4.69) is 0 Å². The van der Waals surface area contributed by atoms with Crippen molar-refractivity contribution in [1.82, 2.24) is 0 Å². The Balaban J connectivity index is 6.34. The van der Waals surface area contributed by atoms with Gasteiger partial charge in [-0.15, -0.1) is 0 Å². The first-order chi connectivity index (χ1) is 18.4. The fraction of sp³-hybridized carbons (Fsp3) is 1.00. The molecule has 0 heterocycles. The second-order valence-corrected chi connectivity index (χ2v) is 11.1. The summed E-state index contributed by atoms with van der Waals surface area (Å²) in [6.45, 7) is 3.93. The third-order valence-electron chi connectivity index (χ3n) is 5.50. The largest absolute Gasteiger partial charge is 0.500 e. The van der Waals surface area contributed by atoms with Gasteiger partial charge >= 0.3 is 62.4 Å². The smallest absolute Gasteiger partial charge is 0.374 e. The van der Waals surface area contributed by atoms with Crippen LogP contribution in [0.15, 0.2) is 0 Å². The number of hydrogen-bond acceptors (Lipinski definition) is 3. The van der Waals surface area contributed by atoms with Crippen LogP contribution in [-0.2, 0) is 13.3 Å². The number of unbranched alkanes of at least 4 members (excludes halogenated alkanes) is 1. The molecule has 0 atom stereocenters. The molecule has 0 amide bonds. The fourth-order valence-electron chi connectivity index (χ4n) is 3.24. The summed E-state index contributed by atoms with van der Waals surface area (Å²) in [6, 6.07) is -0.483. The molecule has 0 aliphatic heterocycles. The molecule has 0 radical (unpaired) electrons. The van der Waals surface area contributed by atoms with Gasteiger partial charge in [0.1, 0.15) is 0 Å². The van der Waals surface area contributed by atoms with Crippen molar-refractivity contribution in [3.05, 3.63) is 0 Å². The number of hydrogen-bond donors (Lipinski definition) is 0. The van der Waals surface area contributed by atoms with Crippen molar-refractivity contribution in [3.8, 4) is 0 Å². The molecule has 0 aliphatic carbocycles. The minimum absolute atomic E-state index is 0.103. The highest BCUT2D eigenvalue weighted by Gasteiger charge is 2.96. The quantitative estimate of drug-likeness (QED) is 0.0819. The lowest BCUT2D eigenvalue weighted by Crippen LogP contribution is -2.75. The minimum atomic E-state index is -8.92. The molecule has 0 unspecified atom stereocenters. The Morgan fingerprint density at radius 2 is 0.690 bits per heavy atom. The second kappa shape index (κ2) is 12.6. The van der Waals surface area contributed by atoms with Gasteiger partial charge in [-0.2, -0.15) is 83.4 Å². The summed E-state index contributed by atoms with van der Waals surface area (Å²) in [5.41, 5.74) is 0. The molecule has 23 heteroatoms. The van der Waals surface area contributed by atoms with Crippen LogP contribution in [0.25, 0.3) is 0 Å². The van der Waals surface area contributed by atoms with E-state index in [-0.39, 0.29) is 19.8 Å². The van der Waals surface area contributed by atoms with Gasteiger partial charge in [-0.25, -0.2) is 0 Å². The van der Waals surface area contributed by atoms with Crippen LogP contribution >= 0.6 is 0 Å². The molecule has 0 spiro atoms. The molecule has 254 valence electrons. The van der Waals surface area contributed by atoms with E-state index >= 15 is 0 Å². The molecule has 0 saturated carbocycles. The van der Waals surface area contributed by atoms with E-state index < -0.39 is 87.7 Å². The van der Waals surface area contributed by atoms with Crippen LogP contribution in [0.1, 0.15) is 40.0 Å². The van der Waals surface area contributed by atoms with Gasteiger partial charge in [-0.3, -0.25) is 0 Å². The maximum Gasteiger partial charge on any atom is 0.500 e. The zero-order chi connectivity index (χ0) is 34.1. The Morgan fingerprint density at radius 1 is 0.405 bits per heavy atom. The minimum Gasteiger partial charge on any atom is -0.374 e. The van der Waals surface area contributed by atoms with Crippen molar-refractivity contribution in [2.45, 2.75) is 99.6 Å². The molecule has 0 rings (SSSR count). The lowest BCUT2D eigenvalue weighted by Gasteiger charge is -2.43. The summed E-state index contributed by atoms with van der Waals surface area (Å²) < 4.78 is 270. The van der Waals surface area contributed by atoms with Crippen molar-refractivity contribution in [1.29, 1.82) is 0 Å². The average Bonchev–Trinajstić information content (AvgIpc) is 2.80. The highest BCUT2D eigenvalue weighted by atomic mass is 28.4. The molecular formula is C19H23F19O3Si. The maximum atomic E-state index is 14.1. The van der Waals surface area contributed by atoms with E-state index in [1.807, 2.05) is 0 Å². The molecule has 3 nitrogen and oxygen atoms in total. The van der Waals surface area contributed by atoms with E-state index in [0.29, 0.717) is 0 Å². The molecule has 0 N–H and O–H groups in total. The topological polar surface area (TPSA) is 27.7 Å². The first-order valence-electron chi connectivity index (χ1n) is 11.4. The van der Waals surface area contributed by atoms with Crippen LogP contribution in [0.5, 0.6) is 0 Å². The summed E-state index contributed by atoms with van der Waals surface area (Å²) in [5, 5.41) is 0. The summed E-state index contributed by atoms with van der Waals surface area (Å²) >= 11 is 0. The van der Waals surface area contributed by atoms with Crippen molar-refractivity contribution >= 4 is 8.80 Å². The van der Waals surface area contributed by atoms with Gasteiger partial charge in [0.25, 0.3) is 0 Å². The number of alkyl halides is 19. The molecule has 0 aromatic carbocycles. The molecule has 0 fully saturated rings. The van der Waals surface area contributed by atoms with E-state index in [0.717, 1.165) is 0 Å². The van der Waals surface area contributed by atoms with Crippen molar-refractivity contribution in [2.75, 3.05) is 19.8 Å². The molecule has 0 saturated heterocycles. The van der Waals surface area contributed by atoms with E-state index in [1.165, 1.54) is 20.8 Å². The first-order valence-corrected chi connectivity index (χ1v) is 13.3. The first kappa shape index (κ1) is 40.8. The third kappa shape index (κ3) is 6.57. The second-order valence-electron chi connectivity index (χ2n) is 8.41. The average molecular weight is 688 g/mol. The summed E-state index contributed by atoms with van der Waals surface area (Å²) in [6.07, 6.45) is -12.6. The summed E-state index contributed by atoms with van der Waals surface area (Å²) in [7, 11) is -3.69. The predicted octanol–water partition coefficient (Wildman–Crippen LogP) is 8.85. The van der Waals surface area contributed by atoms with Crippen molar-refractivity contribution in [3.63, 3.8) is 0 Å². The van der Waals surface area contributed by atoms with Gasteiger partial charge < -0.3 is 13.3 Å². The van der Waals surface area contributed by atoms with Gasteiger partial charge in [0, 0.05) is 32.3 Å². The Bertz CT molecular complexity index is 858. The standard InChI is InChI=1S/C19H23F19O3Si/c1-4-39-42(40-5-2,41-6-3)10-8-7-9-11(20,21)12(22,23)13(24,25)14(26,27)15(28,29)16(30,31)17(32,33)18(34,35)19(36,37)38/h4-10H2,1-3H3. The van der Waals surface area contributed by atoms with Crippen molar-refractivity contribution in [2.24, 2.45) is 0 Å². The monoisotopic (exact) mass is 688 g/mol. The molecule has 0 aliphatic rings. The Kier molecular flexibility index (Phi) is 12.3. The Hall–Kier alpha value is -1.23. The van der Waals surface area contributed by atoms with Crippen LogP contribution < -0.4 is 0 Å². The lowest BCUT2D eigenvalue weighted by molar-refractivity contribution is -0.468. The van der Waals surface area contributed by atoms with Crippen molar-refractivity contribution < 1.29 is 96.7 Å². The van der Waals surface area contributed by atoms with E-state index in [4.69, 9.17) is 13.3 Å². The maximum absolute atomic E-state index is 14.1. The van der Waals surface area contributed by atoms with Crippen LogP contribution in [-0.4, -0.2) is 82.2 Å². The molecular weight excluding hydrogens is 665 g/mol. The highest BCUT2D eigenvalue weighted by Crippen LogP contribution is 2.65. The van der Waals surface area contributed by atoms with Crippen LogP contribution in [0.4, 0.5) is 83.4 Å². The van der Waals surface area contributed by atoms with Crippen LogP contribution in [0.3, 0.4) is 0 Å². The molecule has 0 aromatic rings. The molecule has 42 heavy (non-hydrogen) atoms. The van der Waals surface area contributed by atoms with Gasteiger partial charge in [0.05, 0.1) is 0 Å². The number of rotatable bonds is 18. The zero-order valence-electron chi connectivity index (χ0n) is 21.4. The highest BCUT2D eigenvalue weighted by molar-refractivity contribution is 6.60. The Labute approximate surface area is 226 Å². The normalized spacial score (nSPS) is 15.9. The summed E-state index contributed by atoms with van der Waals surface area (Å²) in [4.78, 5) is 0.